The lowest BCUT2D eigenvalue weighted by atomic mass is 9.95. The lowest BCUT2D eigenvalue weighted by Crippen LogP contribution is -2.35. The lowest BCUT2D eigenvalue weighted by Gasteiger charge is -2.22. The molecule has 52 valence electrons. The van der Waals surface area contributed by atoms with E-state index in [1.54, 1.807) is 0 Å². The minimum absolute atomic E-state index is 0.350. The molecule has 1 aliphatic rings. The molecule has 0 aromatic rings. The number of aliphatic imine (C=N–C) groups is 1. The molecule has 1 heterocycles. The maximum absolute atomic E-state index is 5.79. The van der Waals surface area contributed by atoms with Gasteiger partial charge in [-0.3, -0.25) is 4.99 Å². The molecule has 0 radical (unpaired) electrons. The van der Waals surface area contributed by atoms with Gasteiger partial charge < -0.3 is 5.73 Å². The van der Waals surface area contributed by atoms with Gasteiger partial charge in [0.1, 0.15) is 0 Å². The van der Waals surface area contributed by atoms with Crippen molar-refractivity contribution >= 4 is 5.71 Å². The molecule has 0 amide bonds. The largest absolute Gasteiger partial charge is 0.327 e. The SMILES string of the molecule is CC1=NCC(C)C(N)C1. The minimum atomic E-state index is 0.350. The Labute approximate surface area is 56.2 Å². The van der Waals surface area contributed by atoms with Crippen LogP contribution >= 0.6 is 0 Å². The summed E-state index contributed by atoms with van der Waals surface area (Å²) in [6.07, 6.45) is 0.987. The van der Waals surface area contributed by atoms with E-state index in [1.165, 1.54) is 5.71 Å². The Hall–Kier alpha value is -0.370. The second-order valence-corrected chi connectivity index (χ2v) is 2.92. The molecule has 0 aromatic carbocycles. The van der Waals surface area contributed by atoms with Gasteiger partial charge in [-0.05, 0) is 12.8 Å². The van der Waals surface area contributed by atoms with E-state index in [0.29, 0.717) is 12.0 Å². The smallest absolute Gasteiger partial charge is 0.0429 e. The molecular weight excluding hydrogens is 112 g/mol. The molecule has 2 unspecified atom stereocenters. The van der Waals surface area contributed by atoms with E-state index < -0.39 is 0 Å². The topological polar surface area (TPSA) is 38.4 Å². The Morgan fingerprint density at radius 2 is 2.33 bits per heavy atom. The average molecular weight is 126 g/mol. The third-order valence-corrected chi connectivity index (χ3v) is 1.91. The molecule has 0 saturated heterocycles. The molecule has 0 bridgehead atoms. The predicted molar refractivity (Wildman–Crippen MR) is 39.7 cm³/mol. The number of hydrogen-bond acceptors (Lipinski definition) is 2. The number of nitrogens with two attached hydrogens (primary N) is 1. The van der Waals surface area contributed by atoms with Crippen LogP contribution in [-0.4, -0.2) is 18.3 Å². The molecule has 2 heteroatoms. The molecule has 0 spiro atoms. The molecule has 2 nitrogen and oxygen atoms in total. The van der Waals surface area contributed by atoms with Crippen molar-refractivity contribution in [3.05, 3.63) is 0 Å². The molecule has 0 aliphatic carbocycles. The van der Waals surface area contributed by atoms with Crippen molar-refractivity contribution < 1.29 is 0 Å². The maximum Gasteiger partial charge on any atom is 0.0429 e. The second-order valence-electron chi connectivity index (χ2n) is 2.92. The zero-order chi connectivity index (χ0) is 6.85. The van der Waals surface area contributed by atoms with Crippen LogP contribution in [0.25, 0.3) is 0 Å². The summed E-state index contributed by atoms with van der Waals surface area (Å²) in [6.45, 7) is 5.12. The first-order valence-electron chi connectivity index (χ1n) is 3.45. The van der Waals surface area contributed by atoms with Gasteiger partial charge in [0.05, 0.1) is 0 Å². The van der Waals surface area contributed by atoms with Gasteiger partial charge in [0, 0.05) is 24.7 Å². The van der Waals surface area contributed by atoms with E-state index in [2.05, 4.69) is 11.9 Å². The van der Waals surface area contributed by atoms with Crippen molar-refractivity contribution in [2.45, 2.75) is 26.3 Å². The molecule has 2 N–H and O–H groups in total. The summed E-state index contributed by atoms with van der Waals surface area (Å²) in [7, 11) is 0. The van der Waals surface area contributed by atoms with E-state index in [0.717, 1.165) is 13.0 Å². The van der Waals surface area contributed by atoms with E-state index in [1.807, 2.05) is 6.92 Å². The minimum Gasteiger partial charge on any atom is -0.327 e. The van der Waals surface area contributed by atoms with Crippen molar-refractivity contribution in [1.29, 1.82) is 0 Å². The highest BCUT2D eigenvalue weighted by atomic mass is 14.8. The van der Waals surface area contributed by atoms with Gasteiger partial charge >= 0.3 is 0 Å². The van der Waals surface area contributed by atoms with E-state index in [-0.39, 0.29) is 0 Å². The Morgan fingerprint density at radius 1 is 1.67 bits per heavy atom. The highest BCUT2D eigenvalue weighted by molar-refractivity contribution is 5.83. The summed E-state index contributed by atoms with van der Waals surface area (Å²) in [5.41, 5.74) is 7.00. The van der Waals surface area contributed by atoms with Crippen LogP contribution in [0.5, 0.6) is 0 Å². The van der Waals surface area contributed by atoms with E-state index >= 15 is 0 Å². The van der Waals surface area contributed by atoms with Gasteiger partial charge in [0.2, 0.25) is 0 Å². The monoisotopic (exact) mass is 126 g/mol. The zero-order valence-corrected chi connectivity index (χ0v) is 6.09. The van der Waals surface area contributed by atoms with Gasteiger partial charge in [-0.1, -0.05) is 6.92 Å². The van der Waals surface area contributed by atoms with Gasteiger partial charge in [-0.25, -0.2) is 0 Å². The van der Waals surface area contributed by atoms with Crippen molar-refractivity contribution in [2.24, 2.45) is 16.6 Å². The third-order valence-electron chi connectivity index (χ3n) is 1.91. The van der Waals surface area contributed by atoms with Crippen LogP contribution < -0.4 is 5.73 Å². The molecule has 1 aliphatic heterocycles. The standard InChI is InChI=1S/C7H14N2/c1-5-4-9-6(2)3-7(5)8/h5,7H,3-4,8H2,1-2H3. The number of rotatable bonds is 0. The summed E-state index contributed by atoms with van der Waals surface area (Å²) >= 11 is 0. The first-order valence-corrected chi connectivity index (χ1v) is 3.45. The van der Waals surface area contributed by atoms with Gasteiger partial charge in [0.15, 0.2) is 0 Å². The summed E-state index contributed by atoms with van der Waals surface area (Å²) in [4.78, 5) is 4.30. The summed E-state index contributed by atoms with van der Waals surface area (Å²) in [6, 6.07) is 0.350. The molecule has 0 saturated carbocycles. The Kier molecular flexibility index (Phi) is 1.86. The Morgan fingerprint density at radius 3 is 2.78 bits per heavy atom. The van der Waals surface area contributed by atoms with E-state index in [4.69, 9.17) is 5.73 Å². The van der Waals surface area contributed by atoms with Crippen molar-refractivity contribution in [1.82, 2.24) is 0 Å². The fourth-order valence-corrected chi connectivity index (χ4v) is 1.04. The third kappa shape index (κ3) is 1.52. The highest BCUT2D eigenvalue weighted by Gasteiger charge is 2.16. The summed E-state index contributed by atoms with van der Waals surface area (Å²) in [5.74, 6) is 0.577. The predicted octanol–water partition coefficient (Wildman–Crippen LogP) is 0.814. The first-order chi connectivity index (χ1) is 4.20. The van der Waals surface area contributed by atoms with Crippen LogP contribution in [0.15, 0.2) is 4.99 Å². The molecule has 2 atom stereocenters. The molecule has 9 heavy (non-hydrogen) atoms. The average Bonchev–Trinajstić information content (AvgIpc) is 1.80. The van der Waals surface area contributed by atoms with Gasteiger partial charge in [-0.2, -0.15) is 0 Å². The Bertz CT molecular complexity index is 129. The summed E-state index contributed by atoms with van der Waals surface area (Å²) < 4.78 is 0. The highest BCUT2D eigenvalue weighted by Crippen LogP contribution is 2.11. The maximum atomic E-state index is 5.79. The number of nitrogens with zero attached hydrogens (tertiary/aromatic N) is 1. The van der Waals surface area contributed by atoms with Crippen LogP contribution in [0.2, 0.25) is 0 Å². The fraction of sp³-hybridized carbons (Fsp3) is 0.857. The van der Waals surface area contributed by atoms with Crippen LogP contribution in [0, 0.1) is 5.92 Å². The fourth-order valence-electron chi connectivity index (χ4n) is 1.04. The summed E-state index contributed by atoms with van der Waals surface area (Å²) in [5, 5.41) is 0. The van der Waals surface area contributed by atoms with Crippen molar-refractivity contribution in [3.63, 3.8) is 0 Å². The second kappa shape index (κ2) is 2.48. The van der Waals surface area contributed by atoms with E-state index in [9.17, 15) is 0 Å². The quantitative estimate of drug-likeness (QED) is 0.512. The van der Waals surface area contributed by atoms with Crippen LogP contribution in [0.1, 0.15) is 20.3 Å². The molecule has 0 aromatic heterocycles. The Balaban J connectivity index is 2.54. The first kappa shape index (κ1) is 6.75. The molecular formula is C7H14N2. The molecule has 0 fully saturated rings. The lowest BCUT2D eigenvalue weighted by molar-refractivity contribution is 0.458. The van der Waals surface area contributed by atoms with Crippen molar-refractivity contribution in [3.8, 4) is 0 Å². The van der Waals surface area contributed by atoms with Crippen LogP contribution in [0.3, 0.4) is 0 Å². The normalized spacial score (nSPS) is 36.1. The molecule has 1 rings (SSSR count). The van der Waals surface area contributed by atoms with Gasteiger partial charge in [0.25, 0.3) is 0 Å². The van der Waals surface area contributed by atoms with Crippen molar-refractivity contribution in [2.75, 3.05) is 6.54 Å². The number of hydrogen-bond donors (Lipinski definition) is 1. The zero-order valence-electron chi connectivity index (χ0n) is 6.09. The van der Waals surface area contributed by atoms with Gasteiger partial charge in [-0.15, -0.1) is 0 Å². The van der Waals surface area contributed by atoms with Crippen LogP contribution in [0.4, 0.5) is 0 Å². The van der Waals surface area contributed by atoms with Crippen LogP contribution in [-0.2, 0) is 0 Å².